The van der Waals surface area contributed by atoms with Crippen molar-refractivity contribution in [1.29, 1.82) is 0 Å². The molecule has 1 aromatic heterocycles. The van der Waals surface area contributed by atoms with Crippen molar-refractivity contribution in [2.75, 3.05) is 27.3 Å². The minimum absolute atomic E-state index is 0.145. The van der Waals surface area contributed by atoms with Gasteiger partial charge in [-0.2, -0.15) is 0 Å². The van der Waals surface area contributed by atoms with Crippen LogP contribution in [0.3, 0.4) is 0 Å². The average molecular weight is 227 g/mol. The normalized spacial score (nSPS) is 11.2. The molecule has 5 heteroatoms. The van der Waals surface area contributed by atoms with Gasteiger partial charge in [-0.15, -0.1) is 0 Å². The molecule has 1 rings (SSSR count). The molecule has 0 aliphatic heterocycles. The molecule has 0 spiro atoms. The van der Waals surface area contributed by atoms with Crippen LogP contribution in [0.1, 0.15) is 12.8 Å². The van der Waals surface area contributed by atoms with E-state index >= 15 is 0 Å². The summed E-state index contributed by atoms with van der Waals surface area (Å²) in [7, 11) is 3.30. The zero-order valence-electron chi connectivity index (χ0n) is 10.1. The SMILES string of the molecule is COC(CNCCCCn1ccnc1)OC. The van der Waals surface area contributed by atoms with Crippen LogP contribution < -0.4 is 5.32 Å². The number of methoxy groups -OCH3 is 2. The molecule has 16 heavy (non-hydrogen) atoms. The van der Waals surface area contributed by atoms with Gasteiger partial charge in [0.05, 0.1) is 6.33 Å². The number of nitrogens with one attached hydrogen (secondary N) is 1. The molecule has 0 radical (unpaired) electrons. The molecule has 5 nitrogen and oxygen atoms in total. The Kier molecular flexibility index (Phi) is 6.80. The molecule has 1 heterocycles. The number of aryl methyl sites for hydroxylation is 1. The lowest BCUT2D eigenvalue weighted by Crippen LogP contribution is -2.30. The van der Waals surface area contributed by atoms with E-state index in [-0.39, 0.29) is 6.29 Å². The van der Waals surface area contributed by atoms with E-state index in [1.807, 2.05) is 12.5 Å². The van der Waals surface area contributed by atoms with Crippen LogP contribution in [-0.4, -0.2) is 43.2 Å². The van der Waals surface area contributed by atoms with Crippen LogP contribution in [0, 0.1) is 0 Å². The Hall–Kier alpha value is -0.910. The summed E-state index contributed by atoms with van der Waals surface area (Å²) in [5.74, 6) is 0. The van der Waals surface area contributed by atoms with Crippen LogP contribution in [-0.2, 0) is 16.0 Å². The first-order valence-corrected chi connectivity index (χ1v) is 5.59. The second kappa shape index (κ2) is 8.27. The largest absolute Gasteiger partial charge is 0.355 e. The highest BCUT2D eigenvalue weighted by Crippen LogP contribution is 1.94. The molecule has 0 amide bonds. The standard InChI is InChI=1S/C11H21N3O2/c1-15-11(16-2)9-12-5-3-4-7-14-8-6-13-10-14/h6,8,10-12H,3-5,7,9H2,1-2H3. The molecule has 0 aliphatic rings. The Morgan fingerprint density at radius 3 is 2.75 bits per heavy atom. The molecule has 0 unspecified atom stereocenters. The van der Waals surface area contributed by atoms with Crippen molar-refractivity contribution in [3.05, 3.63) is 18.7 Å². The molecule has 0 aliphatic carbocycles. The Morgan fingerprint density at radius 2 is 2.12 bits per heavy atom. The Bertz CT molecular complexity index is 248. The zero-order valence-corrected chi connectivity index (χ0v) is 10.1. The second-order valence-corrected chi connectivity index (χ2v) is 3.61. The van der Waals surface area contributed by atoms with E-state index in [0.29, 0.717) is 0 Å². The van der Waals surface area contributed by atoms with Crippen molar-refractivity contribution in [2.24, 2.45) is 0 Å². The molecular weight excluding hydrogens is 206 g/mol. The topological polar surface area (TPSA) is 48.3 Å². The molecule has 0 bridgehead atoms. The van der Waals surface area contributed by atoms with Crippen LogP contribution in [0.25, 0.3) is 0 Å². The minimum atomic E-state index is -0.145. The van der Waals surface area contributed by atoms with Gasteiger partial charge in [-0.05, 0) is 19.4 Å². The van der Waals surface area contributed by atoms with Crippen molar-refractivity contribution in [1.82, 2.24) is 14.9 Å². The lowest BCUT2D eigenvalue weighted by atomic mass is 10.3. The van der Waals surface area contributed by atoms with Gasteiger partial charge >= 0.3 is 0 Å². The van der Waals surface area contributed by atoms with Crippen molar-refractivity contribution < 1.29 is 9.47 Å². The van der Waals surface area contributed by atoms with Gasteiger partial charge in [0.15, 0.2) is 6.29 Å². The summed E-state index contributed by atoms with van der Waals surface area (Å²) >= 11 is 0. The quantitative estimate of drug-likeness (QED) is 0.502. The number of imidazole rings is 1. The van der Waals surface area contributed by atoms with Crippen LogP contribution in [0.2, 0.25) is 0 Å². The highest BCUT2D eigenvalue weighted by Gasteiger charge is 2.02. The summed E-state index contributed by atoms with van der Waals surface area (Å²) in [5, 5.41) is 3.29. The van der Waals surface area contributed by atoms with E-state index in [9.17, 15) is 0 Å². The Balaban J connectivity index is 1.92. The maximum absolute atomic E-state index is 5.07. The fourth-order valence-corrected chi connectivity index (χ4v) is 1.45. The second-order valence-electron chi connectivity index (χ2n) is 3.61. The van der Waals surface area contributed by atoms with Crippen molar-refractivity contribution >= 4 is 0 Å². The van der Waals surface area contributed by atoms with Crippen LogP contribution in [0.15, 0.2) is 18.7 Å². The lowest BCUT2D eigenvalue weighted by molar-refractivity contribution is -0.0986. The van der Waals surface area contributed by atoms with E-state index in [1.54, 1.807) is 20.4 Å². The van der Waals surface area contributed by atoms with Crippen LogP contribution in [0.4, 0.5) is 0 Å². The number of aromatic nitrogens is 2. The summed E-state index contributed by atoms with van der Waals surface area (Å²) in [6, 6.07) is 0. The molecule has 0 saturated carbocycles. The average Bonchev–Trinajstić information content (AvgIpc) is 2.81. The third-order valence-corrected chi connectivity index (χ3v) is 2.42. The molecule has 1 N–H and O–H groups in total. The third-order valence-electron chi connectivity index (χ3n) is 2.42. The lowest BCUT2D eigenvalue weighted by Gasteiger charge is -2.13. The van der Waals surface area contributed by atoms with Crippen molar-refractivity contribution in [3.63, 3.8) is 0 Å². The molecule has 0 fully saturated rings. The molecule has 0 saturated heterocycles. The highest BCUT2D eigenvalue weighted by atomic mass is 16.7. The number of hydrogen-bond acceptors (Lipinski definition) is 4. The van der Waals surface area contributed by atoms with Gasteiger partial charge in [-0.3, -0.25) is 0 Å². The number of ether oxygens (including phenoxy) is 2. The fraction of sp³-hybridized carbons (Fsp3) is 0.727. The zero-order chi connectivity index (χ0) is 11.6. The van der Waals surface area contributed by atoms with Gasteiger partial charge in [0.1, 0.15) is 0 Å². The van der Waals surface area contributed by atoms with Crippen LogP contribution in [0.5, 0.6) is 0 Å². The van der Waals surface area contributed by atoms with E-state index in [0.717, 1.165) is 32.5 Å². The minimum Gasteiger partial charge on any atom is -0.355 e. The summed E-state index contributed by atoms with van der Waals surface area (Å²) < 4.78 is 12.2. The molecule has 92 valence electrons. The maximum atomic E-state index is 5.07. The van der Waals surface area contributed by atoms with Gasteiger partial charge in [0, 0.05) is 39.7 Å². The number of nitrogens with zero attached hydrogens (tertiary/aromatic N) is 2. The van der Waals surface area contributed by atoms with Gasteiger partial charge in [-0.1, -0.05) is 0 Å². The van der Waals surface area contributed by atoms with Crippen molar-refractivity contribution in [3.8, 4) is 0 Å². The van der Waals surface area contributed by atoms with E-state index < -0.39 is 0 Å². The first-order valence-electron chi connectivity index (χ1n) is 5.59. The molecular formula is C11H21N3O2. The Labute approximate surface area is 96.8 Å². The number of unbranched alkanes of at least 4 members (excludes halogenated alkanes) is 1. The summed E-state index contributed by atoms with van der Waals surface area (Å²) in [6.07, 6.45) is 7.78. The summed E-state index contributed by atoms with van der Waals surface area (Å²) in [5.41, 5.74) is 0. The molecule has 1 aromatic rings. The smallest absolute Gasteiger partial charge is 0.169 e. The summed E-state index contributed by atoms with van der Waals surface area (Å²) in [4.78, 5) is 4.00. The van der Waals surface area contributed by atoms with Crippen LogP contribution >= 0.6 is 0 Å². The van der Waals surface area contributed by atoms with Gasteiger partial charge in [0.25, 0.3) is 0 Å². The third kappa shape index (κ3) is 5.25. The molecule has 0 aromatic carbocycles. The van der Waals surface area contributed by atoms with E-state index in [4.69, 9.17) is 9.47 Å². The predicted molar refractivity (Wildman–Crippen MR) is 62.1 cm³/mol. The van der Waals surface area contributed by atoms with Gasteiger partial charge < -0.3 is 19.4 Å². The van der Waals surface area contributed by atoms with Crippen molar-refractivity contribution in [2.45, 2.75) is 25.7 Å². The highest BCUT2D eigenvalue weighted by molar-refractivity contribution is 4.73. The Morgan fingerprint density at radius 1 is 1.31 bits per heavy atom. The van der Waals surface area contributed by atoms with E-state index in [2.05, 4.69) is 14.9 Å². The van der Waals surface area contributed by atoms with E-state index in [1.165, 1.54) is 0 Å². The predicted octanol–water partition coefficient (Wildman–Crippen LogP) is 0.872. The summed E-state index contributed by atoms with van der Waals surface area (Å²) in [6.45, 7) is 2.75. The maximum Gasteiger partial charge on any atom is 0.169 e. The fourth-order valence-electron chi connectivity index (χ4n) is 1.45. The van der Waals surface area contributed by atoms with Gasteiger partial charge in [0.2, 0.25) is 0 Å². The number of rotatable bonds is 9. The van der Waals surface area contributed by atoms with Gasteiger partial charge in [-0.25, -0.2) is 4.98 Å². The first kappa shape index (κ1) is 13.2. The first-order chi connectivity index (χ1) is 7.86. The molecule has 0 atom stereocenters. The monoisotopic (exact) mass is 227 g/mol. The number of hydrogen-bond donors (Lipinski definition) is 1.